The number of ether oxygens (including phenoxy) is 4. The third-order valence-electron chi connectivity index (χ3n) is 7.41. The SMILES string of the molecule is COc1cc2nccc(Oc3ccc(NC(=O)Nc4ccc(Oc5ccnc6cc(OC)c(C(N)=O)cc56)cc4Cl)c(Cl)c3)c2cc1C(N)=O. The largest absolute Gasteiger partial charge is 0.496 e. The summed E-state index contributed by atoms with van der Waals surface area (Å²) in [6.45, 7) is 0. The summed E-state index contributed by atoms with van der Waals surface area (Å²) in [6.07, 6.45) is 3.10. The molecule has 2 aromatic heterocycles. The maximum Gasteiger partial charge on any atom is 0.323 e. The maximum atomic E-state index is 12.9. The van der Waals surface area contributed by atoms with E-state index in [1.165, 1.54) is 26.4 Å². The lowest BCUT2D eigenvalue weighted by Crippen LogP contribution is -2.19. The Morgan fingerprint density at radius 2 is 1.02 bits per heavy atom. The van der Waals surface area contributed by atoms with Gasteiger partial charge >= 0.3 is 6.03 Å². The second kappa shape index (κ2) is 14.0. The number of urea groups is 1. The number of pyridine rings is 2. The number of aromatic nitrogens is 2. The van der Waals surface area contributed by atoms with Crippen LogP contribution in [0.2, 0.25) is 10.0 Å². The van der Waals surface area contributed by atoms with Gasteiger partial charge in [-0.05, 0) is 48.5 Å². The van der Waals surface area contributed by atoms with Crippen LogP contribution in [0.25, 0.3) is 21.8 Å². The minimum Gasteiger partial charge on any atom is -0.496 e. The molecule has 4 aromatic carbocycles. The first-order valence-corrected chi connectivity index (χ1v) is 15.4. The van der Waals surface area contributed by atoms with E-state index in [0.29, 0.717) is 67.7 Å². The molecule has 15 heteroatoms. The minimum absolute atomic E-state index is 0.174. The molecule has 6 rings (SSSR count). The Morgan fingerprint density at radius 1 is 0.600 bits per heavy atom. The molecule has 0 aliphatic carbocycles. The van der Waals surface area contributed by atoms with E-state index in [1.54, 1.807) is 73.1 Å². The number of halogens is 2. The van der Waals surface area contributed by atoms with Gasteiger partial charge in [-0.25, -0.2) is 4.79 Å². The molecule has 0 aliphatic rings. The summed E-state index contributed by atoms with van der Waals surface area (Å²) in [5.41, 5.74) is 13.0. The zero-order valence-corrected chi connectivity index (χ0v) is 27.8. The smallest absolute Gasteiger partial charge is 0.323 e. The Morgan fingerprint density at radius 3 is 1.38 bits per heavy atom. The van der Waals surface area contributed by atoms with Crippen molar-refractivity contribution in [3.63, 3.8) is 0 Å². The van der Waals surface area contributed by atoms with Gasteiger partial charge in [0.25, 0.3) is 11.8 Å². The first-order valence-electron chi connectivity index (χ1n) is 14.6. The van der Waals surface area contributed by atoms with Crippen molar-refractivity contribution >= 4 is 74.2 Å². The first kappa shape index (κ1) is 33.6. The van der Waals surface area contributed by atoms with Crippen molar-refractivity contribution < 1.29 is 33.3 Å². The lowest BCUT2D eigenvalue weighted by atomic mass is 10.1. The molecule has 0 unspecified atom stereocenters. The summed E-state index contributed by atoms with van der Waals surface area (Å²) in [5.74, 6) is 0.752. The molecule has 0 aliphatic heterocycles. The van der Waals surface area contributed by atoms with Crippen LogP contribution >= 0.6 is 23.2 Å². The topological polar surface area (TPSA) is 190 Å². The number of nitrogens with one attached hydrogen (secondary N) is 2. The Balaban J connectivity index is 1.14. The standard InChI is InChI=1S/C35H26Cl2N6O7/c1-47-31-15-27-19(13-21(31)33(38)44)29(7-9-40-27)49-17-3-5-25(23(36)11-17)42-35(46)43-26-6-4-18(12-24(26)37)50-30-8-10-41-28-16-32(48-2)22(34(39)45)14-20(28)30/h3-16H,1-2H3,(H2,38,44)(H2,39,45)(H2,42,43,46). The van der Waals surface area contributed by atoms with Crippen molar-refractivity contribution in [1.29, 1.82) is 0 Å². The molecule has 0 spiro atoms. The minimum atomic E-state index is -0.664. The fourth-order valence-electron chi connectivity index (χ4n) is 5.05. The highest BCUT2D eigenvalue weighted by atomic mass is 35.5. The Hall–Kier alpha value is -6.31. The summed E-state index contributed by atoms with van der Waals surface area (Å²) in [5, 5.41) is 6.79. The van der Waals surface area contributed by atoms with Crippen molar-refractivity contribution in [1.82, 2.24) is 9.97 Å². The Kier molecular flexibility index (Phi) is 9.43. The molecule has 252 valence electrons. The zero-order chi connectivity index (χ0) is 35.5. The number of carbonyl (C=O) groups is 3. The van der Waals surface area contributed by atoms with Crippen molar-refractivity contribution in [2.45, 2.75) is 0 Å². The maximum absolute atomic E-state index is 12.9. The molecule has 13 nitrogen and oxygen atoms in total. The average molecular weight is 714 g/mol. The van der Waals surface area contributed by atoms with Crippen molar-refractivity contribution in [2.75, 3.05) is 24.9 Å². The summed E-state index contributed by atoms with van der Waals surface area (Å²) in [4.78, 5) is 45.4. The predicted octanol–water partition coefficient (Wildman–Crippen LogP) is 7.53. The molecular weight excluding hydrogens is 687 g/mol. The monoisotopic (exact) mass is 712 g/mol. The third kappa shape index (κ3) is 6.95. The number of hydrogen-bond donors (Lipinski definition) is 4. The van der Waals surface area contributed by atoms with Gasteiger partial charge in [0.15, 0.2) is 0 Å². The van der Waals surface area contributed by atoms with Crippen LogP contribution < -0.4 is 41.0 Å². The molecule has 2 heterocycles. The van der Waals surface area contributed by atoms with E-state index in [-0.39, 0.29) is 21.2 Å². The van der Waals surface area contributed by atoms with Crippen LogP contribution in [0.3, 0.4) is 0 Å². The number of methoxy groups -OCH3 is 2. The number of nitrogens with zero attached hydrogens (tertiary/aromatic N) is 2. The lowest BCUT2D eigenvalue weighted by molar-refractivity contribution is 0.0989. The fraction of sp³-hybridized carbons (Fsp3) is 0.0571. The number of benzene rings is 4. The fourth-order valence-corrected chi connectivity index (χ4v) is 5.48. The van der Waals surface area contributed by atoms with Gasteiger partial charge in [-0.2, -0.15) is 0 Å². The molecule has 0 saturated heterocycles. The highest BCUT2D eigenvalue weighted by molar-refractivity contribution is 6.35. The van der Waals surface area contributed by atoms with Crippen LogP contribution in [0, 0.1) is 0 Å². The summed E-state index contributed by atoms with van der Waals surface area (Å²) >= 11 is 13.0. The number of anilines is 2. The second-order valence-electron chi connectivity index (χ2n) is 10.6. The van der Waals surface area contributed by atoms with Crippen molar-refractivity contribution in [2.24, 2.45) is 11.5 Å². The van der Waals surface area contributed by atoms with E-state index in [0.717, 1.165) is 0 Å². The quantitative estimate of drug-likeness (QED) is 0.111. The van der Waals surface area contributed by atoms with Crippen LogP contribution in [0.4, 0.5) is 16.2 Å². The first-order chi connectivity index (χ1) is 24.0. The van der Waals surface area contributed by atoms with E-state index in [1.807, 2.05) is 0 Å². The molecular formula is C35H26Cl2N6O7. The van der Waals surface area contributed by atoms with Crippen LogP contribution in [0.5, 0.6) is 34.5 Å². The van der Waals surface area contributed by atoms with Gasteiger partial charge in [-0.15, -0.1) is 0 Å². The highest BCUT2D eigenvalue weighted by Gasteiger charge is 2.17. The summed E-state index contributed by atoms with van der Waals surface area (Å²) in [6, 6.07) is 18.3. The van der Waals surface area contributed by atoms with Crippen molar-refractivity contribution in [3.8, 4) is 34.5 Å². The van der Waals surface area contributed by atoms with Gasteiger partial charge in [0.05, 0.1) is 57.8 Å². The number of hydrogen-bond acceptors (Lipinski definition) is 9. The third-order valence-corrected chi connectivity index (χ3v) is 8.04. The Labute approximate surface area is 294 Å². The molecule has 0 radical (unpaired) electrons. The molecule has 0 bridgehead atoms. The van der Waals surface area contributed by atoms with Crippen molar-refractivity contribution in [3.05, 3.63) is 106 Å². The summed E-state index contributed by atoms with van der Waals surface area (Å²) < 4.78 is 22.6. The molecule has 4 amide bonds. The summed E-state index contributed by atoms with van der Waals surface area (Å²) in [7, 11) is 2.86. The number of nitrogens with two attached hydrogens (primary N) is 2. The number of primary amides is 2. The average Bonchev–Trinajstić information content (AvgIpc) is 3.09. The van der Waals surface area contributed by atoms with Crippen LogP contribution in [0.15, 0.2) is 85.2 Å². The highest BCUT2D eigenvalue weighted by Crippen LogP contribution is 2.37. The van der Waals surface area contributed by atoms with Crippen LogP contribution in [0.1, 0.15) is 20.7 Å². The van der Waals surface area contributed by atoms with Gasteiger partial charge in [0.2, 0.25) is 0 Å². The van der Waals surface area contributed by atoms with Crippen LogP contribution in [-0.4, -0.2) is 42.0 Å². The zero-order valence-electron chi connectivity index (χ0n) is 26.2. The van der Waals surface area contributed by atoms with Gasteiger partial charge in [-0.3, -0.25) is 19.6 Å². The molecule has 50 heavy (non-hydrogen) atoms. The predicted molar refractivity (Wildman–Crippen MR) is 189 cm³/mol. The normalized spacial score (nSPS) is 10.8. The molecule has 0 saturated carbocycles. The van der Waals surface area contributed by atoms with Crippen LogP contribution in [-0.2, 0) is 0 Å². The number of rotatable bonds is 10. The molecule has 6 aromatic rings. The van der Waals surface area contributed by atoms with E-state index in [4.69, 9.17) is 53.6 Å². The molecule has 6 N–H and O–H groups in total. The Bertz CT molecular complexity index is 2180. The van der Waals surface area contributed by atoms with Gasteiger partial charge in [0, 0.05) is 47.4 Å². The van der Waals surface area contributed by atoms with E-state index < -0.39 is 17.8 Å². The van der Waals surface area contributed by atoms with E-state index >= 15 is 0 Å². The molecule has 0 atom stereocenters. The number of amides is 4. The van der Waals surface area contributed by atoms with E-state index in [9.17, 15) is 14.4 Å². The molecule has 0 fully saturated rings. The lowest BCUT2D eigenvalue weighted by Gasteiger charge is -2.14. The van der Waals surface area contributed by atoms with Gasteiger partial charge < -0.3 is 41.0 Å². The van der Waals surface area contributed by atoms with Gasteiger partial charge in [0.1, 0.15) is 34.5 Å². The second-order valence-corrected chi connectivity index (χ2v) is 11.4. The van der Waals surface area contributed by atoms with Gasteiger partial charge in [-0.1, -0.05) is 23.2 Å². The number of carbonyl (C=O) groups excluding carboxylic acids is 3. The van der Waals surface area contributed by atoms with E-state index in [2.05, 4.69) is 20.6 Å². The number of fused-ring (bicyclic) bond motifs is 2.